The van der Waals surface area contributed by atoms with Gasteiger partial charge in [-0.2, -0.15) is 0 Å². The van der Waals surface area contributed by atoms with E-state index < -0.39 is 23.3 Å². The van der Waals surface area contributed by atoms with Gasteiger partial charge < -0.3 is 15.7 Å². The smallest absolute Gasteiger partial charge is 0.319 e. The van der Waals surface area contributed by atoms with E-state index >= 15 is 0 Å². The number of amides is 2. The Balaban J connectivity index is 2.01. The summed E-state index contributed by atoms with van der Waals surface area (Å²) in [5, 5.41) is 15.4. The van der Waals surface area contributed by atoms with Crippen LogP contribution >= 0.6 is 0 Å². The Morgan fingerprint density at radius 1 is 1.22 bits per heavy atom. The molecule has 0 radical (unpaired) electrons. The van der Waals surface area contributed by atoms with Gasteiger partial charge in [-0.1, -0.05) is 24.3 Å². The number of hydrogen-bond acceptors (Lipinski definition) is 2. The normalized spacial score (nSPS) is 13.3. The van der Waals surface area contributed by atoms with E-state index in [-0.39, 0.29) is 12.1 Å². The first-order valence-corrected chi connectivity index (χ1v) is 7.08. The molecule has 0 spiro atoms. The van der Waals surface area contributed by atoms with Crippen molar-refractivity contribution in [1.82, 2.24) is 5.32 Å². The van der Waals surface area contributed by atoms with Crippen LogP contribution in [0.3, 0.4) is 0 Å². The molecule has 1 atom stereocenters. The van der Waals surface area contributed by atoms with Gasteiger partial charge in [0.25, 0.3) is 0 Å². The number of hydrogen-bond donors (Lipinski definition) is 3. The maximum atomic E-state index is 13.7. The van der Waals surface area contributed by atoms with Crippen molar-refractivity contribution in [2.45, 2.75) is 19.4 Å². The molecule has 0 heterocycles. The molecule has 0 fully saturated rings. The van der Waals surface area contributed by atoms with Gasteiger partial charge in [0.2, 0.25) is 0 Å². The second-order valence-corrected chi connectivity index (χ2v) is 5.52. The fourth-order valence-electron chi connectivity index (χ4n) is 2.15. The largest absolute Gasteiger partial charge is 0.383 e. The number of anilines is 1. The van der Waals surface area contributed by atoms with Gasteiger partial charge in [-0.15, -0.1) is 0 Å². The molecule has 0 aromatic heterocycles. The molecule has 0 aliphatic carbocycles. The van der Waals surface area contributed by atoms with Crippen LogP contribution in [0.1, 0.15) is 18.1 Å². The van der Waals surface area contributed by atoms with Crippen molar-refractivity contribution in [1.29, 1.82) is 0 Å². The molecule has 23 heavy (non-hydrogen) atoms. The molecule has 2 aromatic rings. The Hall–Kier alpha value is -2.47. The van der Waals surface area contributed by atoms with Crippen LogP contribution in [0.25, 0.3) is 0 Å². The third-order valence-corrected chi connectivity index (χ3v) is 3.50. The van der Waals surface area contributed by atoms with Gasteiger partial charge in [0.15, 0.2) is 0 Å². The number of carbonyl (C=O) groups excluding carboxylic acids is 1. The van der Waals surface area contributed by atoms with E-state index in [1.54, 1.807) is 12.1 Å². The van der Waals surface area contributed by atoms with E-state index in [0.29, 0.717) is 11.8 Å². The predicted octanol–water partition coefficient (Wildman–Crippen LogP) is 3.30. The topological polar surface area (TPSA) is 61.4 Å². The molecule has 0 aliphatic heterocycles. The average Bonchev–Trinajstić information content (AvgIpc) is 2.47. The molecule has 4 nitrogen and oxygen atoms in total. The maximum Gasteiger partial charge on any atom is 0.319 e. The zero-order chi connectivity index (χ0) is 17.0. The lowest BCUT2D eigenvalue weighted by Gasteiger charge is -2.25. The Labute approximate surface area is 133 Å². The molecule has 2 aromatic carbocycles. The van der Waals surface area contributed by atoms with Crippen LogP contribution in [0.4, 0.5) is 19.3 Å². The quantitative estimate of drug-likeness (QED) is 0.809. The van der Waals surface area contributed by atoms with Crippen LogP contribution < -0.4 is 10.6 Å². The minimum absolute atomic E-state index is 0.0879. The van der Waals surface area contributed by atoms with Crippen LogP contribution in [0, 0.1) is 18.6 Å². The van der Waals surface area contributed by atoms with Crippen molar-refractivity contribution in [2.24, 2.45) is 0 Å². The first-order valence-electron chi connectivity index (χ1n) is 7.08. The highest BCUT2D eigenvalue weighted by Crippen LogP contribution is 2.23. The molecule has 2 amide bonds. The number of halogens is 2. The van der Waals surface area contributed by atoms with E-state index in [0.717, 1.165) is 17.7 Å². The number of aryl methyl sites for hydroxylation is 1. The average molecular weight is 320 g/mol. The third kappa shape index (κ3) is 4.26. The van der Waals surface area contributed by atoms with Crippen LogP contribution in [-0.4, -0.2) is 17.7 Å². The molecule has 6 heteroatoms. The SMILES string of the molecule is Cc1ccccc1NC(=O)NCC(C)(O)c1ccc(F)cc1F. The number of benzene rings is 2. The van der Waals surface area contributed by atoms with E-state index in [1.165, 1.54) is 6.92 Å². The van der Waals surface area contributed by atoms with Gasteiger partial charge >= 0.3 is 6.03 Å². The van der Waals surface area contributed by atoms with Crippen LogP contribution in [0.5, 0.6) is 0 Å². The van der Waals surface area contributed by atoms with Crippen LogP contribution in [0.15, 0.2) is 42.5 Å². The lowest BCUT2D eigenvalue weighted by Crippen LogP contribution is -2.41. The predicted molar refractivity (Wildman–Crippen MR) is 84.1 cm³/mol. The first-order chi connectivity index (χ1) is 10.8. The van der Waals surface area contributed by atoms with E-state index in [9.17, 15) is 18.7 Å². The van der Waals surface area contributed by atoms with Gasteiger partial charge in [-0.25, -0.2) is 13.6 Å². The van der Waals surface area contributed by atoms with Crippen molar-refractivity contribution in [2.75, 3.05) is 11.9 Å². The van der Waals surface area contributed by atoms with Gasteiger partial charge in [-0.3, -0.25) is 0 Å². The number of urea groups is 1. The number of carbonyl (C=O) groups is 1. The molecular weight excluding hydrogens is 302 g/mol. The molecule has 0 bridgehead atoms. The molecule has 0 aliphatic rings. The summed E-state index contributed by atoms with van der Waals surface area (Å²) < 4.78 is 26.7. The third-order valence-electron chi connectivity index (χ3n) is 3.50. The monoisotopic (exact) mass is 320 g/mol. The molecule has 1 unspecified atom stereocenters. The summed E-state index contributed by atoms with van der Waals surface area (Å²) >= 11 is 0. The number of rotatable bonds is 4. The van der Waals surface area contributed by atoms with Crippen LogP contribution in [-0.2, 0) is 5.60 Å². The summed E-state index contributed by atoms with van der Waals surface area (Å²) in [6.45, 7) is 2.96. The van der Waals surface area contributed by atoms with Gasteiger partial charge in [0, 0.05) is 17.3 Å². The highest BCUT2D eigenvalue weighted by molar-refractivity contribution is 5.90. The maximum absolute atomic E-state index is 13.7. The second-order valence-electron chi connectivity index (χ2n) is 5.52. The lowest BCUT2D eigenvalue weighted by molar-refractivity contribution is 0.0561. The van der Waals surface area contributed by atoms with E-state index in [1.807, 2.05) is 19.1 Å². The van der Waals surface area contributed by atoms with Gasteiger partial charge in [-0.05, 0) is 31.5 Å². The highest BCUT2D eigenvalue weighted by atomic mass is 19.1. The first kappa shape index (κ1) is 16.9. The number of nitrogens with one attached hydrogen (secondary N) is 2. The number of para-hydroxylation sites is 1. The molecule has 122 valence electrons. The summed E-state index contributed by atoms with van der Waals surface area (Å²) in [4.78, 5) is 11.9. The standard InChI is InChI=1S/C17H18F2N2O2/c1-11-5-3-4-6-15(11)21-16(22)20-10-17(2,23)13-8-7-12(18)9-14(13)19/h3-9,23H,10H2,1-2H3,(H2,20,21,22). The van der Waals surface area contributed by atoms with Crippen LogP contribution in [0.2, 0.25) is 0 Å². The zero-order valence-corrected chi connectivity index (χ0v) is 12.9. The van der Waals surface area contributed by atoms with E-state index in [2.05, 4.69) is 10.6 Å². The van der Waals surface area contributed by atoms with Gasteiger partial charge in [0.05, 0.1) is 6.54 Å². The van der Waals surface area contributed by atoms with Crippen molar-refractivity contribution in [3.05, 3.63) is 65.2 Å². The Kier molecular flexibility index (Phi) is 4.95. The minimum Gasteiger partial charge on any atom is -0.383 e. The van der Waals surface area contributed by atoms with E-state index in [4.69, 9.17) is 0 Å². The fraction of sp³-hybridized carbons (Fsp3) is 0.235. The molecule has 3 N–H and O–H groups in total. The van der Waals surface area contributed by atoms with Crippen molar-refractivity contribution < 1.29 is 18.7 Å². The van der Waals surface area contributed by atoms with Crippen molar-refractivity contribution >= 4 is 11.7 Å². The summed E-state index contributed by atoms with van der Waals surface area (Å²) in [6.07, 6.45) is 0. The summed E-state index contributed by atoms with van der Waals surface area (Å²) in [7, 11) is 0. The highest BCUT2D eigenvalue weighted by Gasteiger charge is 2.27. The number of aliphatic hydroxyl groups is 1. The second kappa shape index (κ2) is 6.75. The Morgan fingerprint density at radius 2 is 1.91 bits per heavy atom. The lowest BCUT2D eigenvalue weighted by atomic mass is 9.95. The Morgan fingerprint density at radius 3 is 2.57 bits per heavy atom. The molecule has 2 rings (SSSR count). The summed E-state index contributed by atoms with van der Waals surface area (Å²) in [5.41, 5.74) is -0.229. The van der Waals surface area contributed by atoms with Crippen molar-refractivity contribution in [3.8, 4) is 0 Å². The fourth-order valence-corrected chi connectivity index (χ4v) is 2.15. The van der Waals surface area contributed by atoms with Crippen molar-refractivity contribution in [3.63, 3.8) is 0 Å². The molecular formula is C17H18F2N2O2. The summed E-state index contributed by atoms with van der Waals surface area (Å²) in [6, 6.07) is 9.60. The van der Waals surface area contributed by atoms with Gasteiger partial charge in [0.1, 0.15) is 17.2 Å². The minimum atomic E-state index is -1.67. The zero-order valence-electron chi connectivity index (χ0n) is 12.9. The molecule has 0 saturated carbocycles. The summed E-state index contributed by atoms with van der Waals surface area (Å²) in [5.74, 6) is -1.59. The Bertz CT molecular complexity index is 717. The molecule has 0 saturated heterocycles.